The van der Waals surface area contributed by atoms with Gasteiger partial charge < -0.3 is 9.73 Å². The molecule has 0 bridgehead atoms. The van der Waals surface area contributed by atoms with Crippen LogP contribution in [0.2, 0.25) is 0 Å². The molecule has 0 aliphatic heterocycles. The number of benzene rings is 1. The molecule has 0 radical (unpaired) electrons. The molecular formula is C18H20N4O2. The second-order valence-electron chi connectivity index (χ2n) is 6.07. The summed E-state index contributed by atoms with van der Waals surface area (Å²) in [5.41, 5.74) is 4.51. The van der Waals surface area contributed by atoms with Crippen molar-refractivity contribution in [2.45, 2.75) is 40.7 Å². The number of carbonyl (C=O) groups is 1. The van der Waals surface area contributed by atoms with Crippen LogP contribution in [0.4, 0.5) is 0 Å². The molecule has 3 rings (SSSR count). The summed E-state index contributed by atoms with van der Waals surface area (Å²) in [4.78, 5) is 17.4. The zero-order valence-corrected chi connectivity index (χ0v) is 14.5. The topological polar surface area (TPSA) is 80.9 Å². The van der Waals surface area contributed by atoms with Crippen molar-refractivity contribution in [3.05, 3.63) is 52.4 Å². The fourth-order valence-corrected chi connectivity index (χ4v) is 2.67. The van der Waals surface area contributed by atoms with Crippen LogP contribution in [0.15, 0.2) is 22.6 Å². The van der Waals surface area contributed by atoms with E-state index in [9.17, 15) is 4.79 Å². The van der Waals surface area contributed by atoms with Crippen LogP contribution in [-0.2, 0) is 0 Å². The minimum Gasteiger partial charge on any atom is -0.423 e. The number of nitrogens with one attached hydrogen (secondary N) is 1. The summed E-state index contributed by atoms with van der Waals surface area (Å²) in [7, 11) is 0. The van der Waals surface area contributed by atoms with Gasteiger partial charge >= 0.3 is 0 Å². The molecule has 0 fully saturated rings. The molecule has 0 aliphatic rings. The molecule has 0 aliphatic carbocycles. The summed E-state index contributed by atoms with van der Waals surface area (Å²) < 4.78 is 5.38. The predicted molar refractivity (Wildman–Crippen MR) is 90.9 cm³/mol. The number of pyridine rings is 1. The van der Waals surface area contributed by atoms with Gasteiger partial charge in [-0.3, -0.25) is 9.78 Å². The van der Waals surface area contributed by atoms with Crippen molar-refractivity contribution in [3.63, 3.8) is 0 Å². The standard InChI is InChI=1S/C18H20N4O2/c1-9-6-7-14-15(8-10(2)19-16(14)11(9)3)17(23)20-12(4)18-22-21-13(5)24-18/h6-8,12H,1-5H3,(H,20,23)/t12-/m1/s1. The third-order valence-corrected chi connectivity index (χ3v) is 4.14. The fraction of sp³-hybridized carbons (Fsp3) is 0.333. The summed E-state index contributed by atoms with van der Waals surface area (Å²) in [5, 5.41) is 11.5. The summed E-state index contributed by atoms with van der Waals surface area (Å²) >= 11 is 0. The van der Waals surface area contributed by atoms with E-state index in [-0.39, 0.29) is 11.9 Å². The van der Waals surface area contributed by atoms with E-state index < -0.39 is 0 Å². The lowest BCUT2D eigenvalue weighted by Crippen LogP contribution is -2.27. The van der Waals surface area contributed by atoms with Gasteiger partial charge in [0, 0.05) is 18.0 Å². The number of carbonyl (C=O) groups excluding carboxylic acids is 1. The first-order valence-corrected chi connectivity index (χ1v) is 7.85. The summed E-state index contributed by atoms with van der Waals surface area (Å²) in [5.74, 6) is 0.683. The quantitative estimate of drug-likeness (QED) is 0.799. The molecule has 1 atom stereocenters. The number of amides is 1. The Kier molecular flexibility index (Phi) is 4.05. The molecule has 0 saturated heterocycles. The smallest absolute Gasteiger partial charge is 0.252 e. The Morgan fingerprint density at radius 1 is 1.17 bits per heavy atom. The van der Waals surface area contributed by atoms with Crippen molar-refractivity contribution in [1.82, 2.24) is 20.5 Å². The van der Waals surface area contributed by atoms with Gasteiger partial charge in [-0.25, -0.2) is 0 Å². The van der Waals surface area contributed by atoms with Crippen molar-refractivity contribution in [1.29, 1.82) is 0 Å². The summed E-state index contributed by atoms with van der Waals surface area (Å²) in [6.45, 7) is 9.49. The first-order chi connectivity index (χ1) is 11.4. The SMILES string of the molecule is Cc1cc(C(=O)N[C@H](C)c2nnc(C)o2)c2ccc(C)c(C)c2n1. The Balaban J connectivity index is 1.99. The zero-order chi connectivity index (χ0) is 17.4. The van der Waals surface area contributed by atoms with Crippen LogP contribution in [0, 0.1) is 27.7 Å². The molecule has 0 saturated carbocycles. The number of fused-ring (bicyclic) bond motifs is 1. The van der Waals surface area contributed by atoms with E-state index >= 15 is 0 Å². The number of hydrogen-bond acceptors (Lipinski definition) is 5. The lowest BCUT2D eigenvalue weighted by atomic mass is 10.0. The predicted octanol–water partition coefficient (Wildman–Crippen LogP) is 3.34. The normalized spacial score (nSPS) is 12.4. The Morgan fingerprint density at radius 2 is 1.92 bits per heavy atom. The van der Waals surface area contributed by atoms with Gasteiger partial charge in [0.2, 0.25) is 11.8 Å². The van der Waals surface area contributed by atoms with Crippen molar-refractivity contribution < 1.29 is 9.21 Å². The van der Waals surface area contributed by atoms with Crippen LogP contribution in [0.25, 0.3) is 10.9 Å². The van der Waals surface area contributed by atoms with Gasteiger partial charge in [0.15, 0.2) is 0 Å². The van der Waals surface area contributed by atoms with E-state index in [4.69, 9.17) is 4.42 Å². The Hall–Kier alpha value is -2.76. The number of aryl methyl sites for hydroxylation is 4. The molecule has 2 heterocycles. The molecule has 1 amide bonds. The van der Waals surface area contributed by atoms with Crippen molar-refractivity contribution in [2.24, 2.45) is 0 Å². The van der Waals surface area contributed by atoms with Gasteiger partial charge in [-0.05, 0) is 44.9 Å². The summed E-state index contributed by atoms with van der Waals surface area (Å²) in [6.07, 6.45) is 0. The van der Waals surface area contributed by atoms with Gasteiger partial charge in [-0.15, -0.1) is 10.2 Å². The van der Waals surface area contributed by atoms with E-state index in [1.54, 1.807) is 13.0 Å². The van der Waals surface area contributed by atoms with E-state index in [2.05, 4.69) is 20.5 Å². The van der Waals surface area contributed by atoms with Gasteiger partial charge in [0.1, 0.15) is 6.04 Å². The Bertz CT molecular complexity index is 930. The molecular weight excluding hydrogens is 304 g/mol. The lowest BCUT2D eigenvalue weighted by Gasteiger charge is -2.14. The number of rotatable bonds is 3. The molecule has 0 unspecified atom stereocenters. The van der Waals surface area contributed by atoms with Crippen LogP contribution in [0.3, 0.4) is 0 Å². The van der Waals surface area contributed by atoms with E-state index in [0.717, 1.165) is 27.7 Å². The van der Waals surface area contributed by atoms with Crippen LogP contribution >= 0.6 is 0 Å². The minimum absolute atomic E-state index is 0.183. The highest BCUT2D eigenvalue weighted by Gasteiger charge is 2.19. The van der Waals surface area contributed by atoms with E-state index in [1.807, 2.05) is 39.8 Å². The third-order valence-electron chi connectivity index (χ3n) is 4.14. The third kappa shape index (κ3) is 2.87. The minimum atomic E-state index is -0.367. The molecule has 2 aromatic heterocycles. The molecule has 0 spiro atoms. The summed E-state index contributed by atoms with van der Waals surface area (Å²) in [6, 6.07) is 5.39. The van der Waals surface area contributed by atoms with Gasteiger partial charge in [0.05, 0.1) is 11.1 Å². The van der Waals surface area contributed by atoms with Gasteiger partial charge in [-0.1, -0.05) is 12.1 Å². The largest absolute Gasteiger partial charge is 0.423 e. The van der Waals surface area contributed by atoms with Crippen molar-refractivity contribution >= 4 is 16.8 Å². The molecule has 1 N–H and O–H groups in total. The van der Waals surface area contributed by atoms with Crippen LogP contribution in [0.5, 0.6) is 0 Å². The van der Waals surface area contributed by atoms with Crippen molar-refractivity contribution in [3.8, 4) is 0 Å². The number of nitrogens with zero attached hydrogens (tertiary/aromatic N) is 3. The Labute approximate surface area is 140 Å². The van der Waals surface area contributed by atoms with Gasteiger partial charge in [-0.2, -0.15) is 0 Å². The van der Waals surface area contributed by atoms with Crippen LogP contribution in [-0.4, -0.2) is 21.1 Å². The molecule has 1 aromatic carbocycles. The maximum Gasteiger partial charge on any atom is 0.252 e. The highest BCUT2D eigenvalue weighted by molar-refractivity contribution is 6.07. The van der Waals surface area contributed by atoms with E-state index in [1.165, 1.54) is 0 Å². The zero-order valence-electron chi connectivity index (χ0n) is 14.5. The molecule has 3 aromatic rings. The van der Waals surface area contributed by atoms with E-state index in [0.29, 0.717) is 17.3 Å². The van der Waals surface area contributed by atoms with Gasteiger partial charge in [0.25, 0.3) is 5.91 Å². The molecule has 6 heteroatoms. The average molecular weight is 324 g/mol. The lowest BCUT2D eigenvalue weighted by molar-refractivity contribution is 0.0935. The second-order valence-corrected chi connectivity index (χ2v) is 6.07. The number of aromatic nitrogens is 3. The highest BCUT2D eigenvalue weighted by Crippen LogP contribution is 2.24. The fourth-order valence-electron chi connectivity index (χ4n) is 2.67. The molecule has 124 valence electrons. The second kappa shape index (κ2) is 6.03. The monoisotopic (exact) mass is 324 g/mol. The highest BCUT2D eigenvalue weighted by atomic mass is 16.4. The average Bonchev–Trinajstić information content (AvgIpc) is 2.97. The van der Waals surface area contributed by atoms with Crippen LogP contribution < -0.4 is 5.32 Å². The Morgan fingerprint density at radius 3 is 2.58 bits per heavy atom. The molecule has 6 nitrogen and oxygen atoms in total. The molecule has 24 heavy (non-hydrogen) atoms. The maximum atomic E-state index is 12.8. The van der Waals surface area contributed by atoms with Crippen molar-refractivity contribution in [2.75, 3.05) is 0 Å². The first-order valence-electron chi connectivity index (χ1n) is 7.85. The maximum absolute atomic E-state index is 12.8. The number of hydrogen-bond donors (Lipinski definition) is 1. The van der Waals surface area contributed by atoms with Crippen LogP contribution in [0.1, 0.15) is 51.9 Å². The first kappa shape index (κ1) is 16.1.